The maximum absolute atomic E-state index is 10.1. The molecule has 11 nitrogen and oxygen atoms in total. The maximum atomic E-state index is 10.1. The molecule has 0 aromatic heterocycles. The van der Waals surface area contributed by atoms with Crippen LogP contribution in [0.2, 0.25) is 0 Å². The van der Waals surface area contributed by atoms with Gasteiger partial charge in [0.05, 0.1) is 0 Å². The van der Waals surface area contributed by atoms with Crippen molar-refractivity contribution < 1.29 is 52.6 Å². The van der Waals surface area contributed by atoms with E-state index in [1.807, 2.05) is 0 Å². The molecule has 24 heavy (non-hydrogen) atoms. The Kier molecular flexibility index (Phi) is 7.32. The topological polar surface area (TPSA) is 179 Å². The van der Waals surface area contributed by atoms with Crippen molar-refractivity contribution in [3.8, 4) is 0 Å². The van der Waals surface area contributed by atoms with E-state index in [1.54, 1.807) is 0 Å². The van der Waals surface area contributed by atoms with E-state index in [-0.39, 0.29) is 32.8 Å². The predicted octanol–water partition coefficient (Wildman–Crippen LogP) is -5.56. The third-order valence-corrected chi connectivity index (χ3v) is 4.90. The summed E-state index contributed by atoms with van der Waals surface area (Å²) in [4.78, 5) is 0. The summed E-state index contributed by atoms with van der Waals surface area (Å²) in [6, 6.07) is 0. The summed E-state index contributed by atoms with van der Waals surface area (Å²) in [6.45, 7) is -1.61. The first-order chi connectivity index (χ1) is 11.3. The van der Waals surface area contributed by atoms with Crippen LogP contribution in [-0.4, -0.2) is 137 Å². The van der Waals surface area contributed by atoms with Gasteiger partial charge in [0, 0.05) is 0 Å². The minimum atomic E-state index is -2.17. The zero-order chi connectivity index (χ0) is 18.1. The first-order valence-corrected chi connectivity index (χ1v) is 9.09. The van der Waals surface area contributed by atoms with Crippen LogP contribution in [0.3, 0.4) is 0 Å². The monoisotopic (exact) mass is 550 g/mol. The summed E-state index contributed by atoms with van der Waals surface area (Å²) in [6.07, 6.45) is -11.8. The molecule has 0 aromatic carbocycles. The first kappa shape index (κ1) is 20.8. The molecule has 2 saturated heterocycles. The van der Waals surface area contributed by atoms with Crippen LogP contribution < -0.4 is 0 Å². The third-order valence-electron chi connectivity index (χ3n) is 4.15. The molecule has 0 spiro atoms. The molecule has 0 aromatic rings. The fourth-order valence-corrected chi connectivity index (χ4v) is 3.45. The molecular formula is C12H22O11Pb. The van der Waals surface area contributed by atoms with E-state index in [0.717, 1.165) is 0 Å². The second kappa shape index (κ2) is 8.45. The Balaban J connectivity index is 2.17. The Morgan fingerprint density at radius 1 is 0.917 bits per heavy atom. The Morgan fingerprint density at radius 3 is 2.08 bits per heavy atom. The molecule has 2 radical (unpaired) electrons. The summed E-state index contributed by atoms with van der Waals surface area (Å²) in [5, 5.41) is 68.4. The second-order valence-electron chi connectivity index (χ2n) is 5.71. The molecule has 0 saturated carbocycles. The van der Waals surface area contributed by atoms with Crippen molar-refractivity contribution >= 4 is 26.2 Å². The van der Waals surface area contributed by atoms with E-state index in [9.17, 15) is 30.6 Å². The van der Waals surface area contributed by atoms with Crippen molar-refractivity contribution in [2.75, 3.05) is 19.8 Å². The number of ether oxygens (including phenoxy) is 3. The summed E-state index contributed by atoms with van der Waals surface area (Å²) in [7, 11) is 0. The van der Waals surface area contributed by atoms with Gasteiger partial charge in [-0.25, -0.2) is 0 Å². The van der Waals surface area contributed by atoms with Crippen molar-refractivity contribution in [1.29, 1.82) is 0 Å². The van der Waals surface area contributed by atoms with Crippen molar-refractivity contribution in [2.24, 2.45) is 0 Å². The van der Waals surface area contributed by atoms with Crippen LogP contribution >= 0.6 is 0 Å². The van der Waals surface area contributed by atoms with Gasteiger partial charge < -0.3 is 0 Å². The van der Waals surface area contributed by atoms with E-state index in [1.165, 1.54) is 0 Å². The van der Waals surface area contributed by atoms with E-state index in [4.69, 9.17) is 22.0 Å². The molecule has 2 aliphatic heterocycles. The molecule has 0 bridgehead atoms. The molecular weight excluding hydrogens is 527 g/mol. The fourth-order valence-electron chi connectivity index (χ4n) is 2.71. The SMILES string of the molecule is OC[C@H]1O[C@@](CO)(O[C@H]2O[C@H](C[O][PbH])[C@@H](O)[C@H](O)[C@H]2O)[C@@H](O)[C@@H]1O. The molecule has 0 aliphatic carbocycles. The number of aliphatic hydroxyl groups excluding tert-OH is 7. The molecule has 7 N–H and O–H groups in total. The molecule has 2 heterocycles. The summed E-state index contributed by atoms with van der Waals surface area (Å²) < 4.78 is 20.9. The normalized spacial score (nSPS) is 49.5. The number of rotatable bonds is 6. The van der Waals surface area contributed by atoms with E-state index >= 15 is 0 Å². The molecule has 2 rings (SSSR count). The molecule has 12 heteroatoms. The van der Waals surface area contributed by atoms with Crippen molar-refractivity contribution in [2.45, 2.75) is 54.8 Å². The molecule has 9 atom stereocenters. The Hall–Kier alpha value is 0.482. The fraction of sp³-hybridized carbons (Fsp3) is 1.00. The van der Waals surface area contributed by atoms with Gasteiger partial charge in [0.1, 0.15) is 0 Å². The predicted molar refractivity (Wildman–Crippen MR) is 74.7 cm³/mol. The minimum absolute atomic E-state index is 0.0487. The molecule has 2 fully saturated rings. The second-order valence-corrected chi connectivity index (χ2v) is 7.01. The van der Waals surface area contributed by atoms with Gasteiger partial charge >= 0.3 is 153 Å². The van der Waals surface area contributed by atoms with Gasteiger partial charge in [0.25, 0.3) is 0 Å². The Bertz CT molecular complexity index is 414. The van der Waals surface area contributed by atoms with Crippen LogP contribution in [0.15, 0.2) is 0 Å². The number of aliphatic hydroxyl groups is 7. The molecule has 0 amide bonds. The molecule has 140 valence electrons. The van der Waals surface area contributed by atoms with Crippen LogP contribution in [0.25, 0.3) is 0 Å². The number of hydrogen-bond donors (Lipinski definition) is 7. The van der Waals surface area contributed by atoms with Crippen molar-refractivity contribution in [3.05, 3.63) is 0 Å². The Morgan fingerprint density at radius 2 is 1.58 bits per heavy atom. The molecule has 0 unspecified atom stereocenters. The van der Waals surface area contributed by atoms with Crippen LogP contribution in [0.1, 0.15) is 0 Å². The van der Waals surface area contributed by atoms with Gasteiger partial charge in [0.2, 0.25) is 0 Å². The summed E-state index contributed by atoms with van der Waals surface area (Å²) >= 11 is 0.151. The molecule has 2 aliphatic rings. The average Bonchev–Trinajstić information content (AvgIpc) is 2.82. The summed E-state index contributed by atoms with van der Waals surface area (Å²) in [5.74, 6) is -2.17. The number of hydrogen-bond acceptors (Lipinski definition) is 11. The first-order valence-electron chi connectivity index (χ1n) is 7.26. The van der Waals surface area contributed by atoms with Crippen molar-refractivity contribution in [3.63, 3.8) is 0 Å². The van der Waals surface area contributed by atoms with Gasteiger partial charge in [-0.1, -0.05) is 0 Å². The zero-order valence-electron chi connectivity index (χ0n) is 12.6. The van der Waals surface area contributed by atoms with E-state index < -0.39 is 68.0 Å². The zero-order valence-corrected chi connectivity index (χ0v) is 17.1. The Labute approximate surface area is 153 Å². The third kappa shape index (κ3) is 3.77. The van der Waals surface area contributed by atoms with Crippen LogP contribution in [0, 0.1) is 0 Å². The summed E-state index contributed by atoms with van der Waals surface area (Å²) in [5.41, 5.74) is 0. The van der Waals surface area contributed by atoms with Gasteiger partial charge in [-0.05, 0) is 0 Å². The van der Waals surface area contributed by atoms with Crippen LogP contribution in [0.4, 0.5) is 0 Å². The van der Waals surface area contributed by atoms with Gasteiger partial charge in [-0.2, -0.15) is 0 Å². The quantitative estimate of drug-likeness (QED) is 0.157. The van der Waals surface area contributed by atoms with Crippen molar-refractivity contribution in [1.82, 2.24) is 0 Å². The van der Waals surface area contributed by atoms with E-state index in [0.29, 0.717) is 0 Å². The van der Waals surface area contributed by atoms with Gasteiger partial charge in [0.15, 0.2) is 0 Å². The van der Waals surface area contributed by atoms with Crippen LogP contribution in [0.5, 0.6) is 0 Å². The van der Waals surface area contributed by atoms with Gasteiger partial charge in [-0.15, -0.1) is 0 Å². The van der Waals surface area contributed by atoms with E-state index in [2.05, 4.69) is 0 Å². The standard InChI is InChI=1S/C12H21O11.Pb.H/c13-1-4-6(16)8(18)9(19)11(21-4)23-12(3-15)10(20)7(17)5(2-14)22-12;;/h4-11,14-20H,1-3H2;;/q-1;+1;/t4-,5-,6-,7-,8+,9-,10+,11-,12+;;/m1../s1. The van der Waals surface area contributed by atoms with Gasteiger partial charge in [-0.3, -0.25) is 0 Å². The van der Waals surface area contributed by atoms with Crippen LogP contribution in [-0.2, 0) is 16.9 Å². The average molecular weight is 549 g/mol.